The van der Waals surface area contributed by atoms with E-state index in [4.69, 9.17) is 0 Å². The zero-order valence-corrected chi connectivity index (χ0v) is 15.4. The van der Waals surface area contributed by atoms with Crippen molar-refractivity contribution in [3.63, 3.8) is 0 Å². The summed E-state index contributed by atoms with van der Waals surface area (Å²) < 4.78 is 2.01. The van der Waals surface area contributed by atoms with Gasteiger partial charge in [-0.2, -0.15) is 5.10 Å². The Hall–Kier alpha value is -1.60. The number of hydrogen-bond donors (Lipinski definition) is 2. The second kappa shape index (κ2) is 8.19. The lowest BCUT2D eigenvalue weighted by Gasteiger charge is -2.36. The lowest BCUT2D eigenvalue weighted by atomic mass is 9.93. The van der Waals surface area contributed by atoms with Crippen LogP contribution in [0.15, 0.2) is 6.20 Å². The summed E-state index contributed by atoms with van der Waals surface area (Å²) in [5, 5.41) is 17.9. The molecule has 2 saturated heterocycles. The fraction of sp³-hybridized carbons (Fsp3) is 0.778. The summed E-state index contributed by atoms with van der Waals surface area (Å²) in [7, 11) is 0. The van der Waals surface area contributed by atoms with E-state index in [2.05, 4.69) is 29.2 Å². The number of amides is 2. The molecule has 2 aliphatic heterocycles. The summed E-state index contributed by atoms with van der Waals surface area (Å²) in [6, 6.07) is 0.0229. The summed E-state index contributed by atoms with van der Waals surface area (Å²) >= 11 is 0. The molecule has 3 rings (SSSR count). The molecule has 140 valence electrons. The van der Waals surface area contributed by atoms with Gasteiger partial charge in [-0.05, 0) is 39.7 Å². The standard InChI is InChI=1S/C18H31N5O2/c1-3-23-14(2)16(11-20-23)12-21-9-6-15(17(24)13-21)10-19-18(25)22-7-4-5-8-22/h11,15,17,24H,3-10,12-13H2,1-2H3,(H,19,25)/t15-,17+/m1/s1. The smallest absolute Gasteiger partial charge is 0.317 e. The van der Waals surface area contributed by atoms with E-state index in [1.165, 1.54) is 11.3 Å². The number of carbonyl (C=O) groups excluding carboxylic acids is 1. The van der Waals surface area contributed by atoms with Crippen LogP contribution in [-0.2, 0) is 13.1 Å². The molecule has 0 spiro atoms. The highest BCUT2D eigenvalue weighted by atomic mass is 16.3. The number of aliphatic hydroxyl groups excluding tert-OH is 1. The van der Waals surface area contributed by atoms with Crippen molar-refractivity contribution in [3.05, 3.63) is 17.5 Å². The molecule has 2 amide bonds. The molecule has 1 aromatic heterocycles. The van der Waals surface area contributed by atoms with E-state index in [-0.39, 0.29) is 11.9 Å². The van der Waals surface area contributed by atoms with E-state index in [1.54, 1.807) is 0 Å². The number of aliphatic hydroxyl groups is 1. The summed E-state index contributed by atoms with van der Waals surface area (Å²) in [5.41, 5.74) is 2.44. The number of aryl methyl sites for hydroxylation is 1. The van der Waals surface area contributed by atoms with E-state index in [9.17, 15) is 9.90 Å². The van der Waals surface area contributed by atoms with Crippen molar-refractivity contribution in [2.45, 2.75) is 52.3 Å². The van der Waals surface area contributed by atoms with Gasteiger partial charge in [0.2, 0.25) is 0 Å². The van der Waals surface area contributed by atoms with Crippen molar-refractivity contribution in [2.24, 2.45) is 5.92 Å². The van der Waals surface area contributed by atoms with Crippen LogP contribution >= 0.6 is 0 Å². The van der Waals surface area contributed by atoms with E-state index >= 15 is 0 Å². The lowest BCUT2D eigenvalue weighted by Crippen LogP contribution is -2.48. The molecule has 7 nitrogen and oxygen atoms in total. The molecule has 0 aliphatic carbocycles. The van der Waals surface area contributed by atoms with Gasteiger partial charge < -0.3 is 15.3 Å². The molecular formula is C18H31N5O2. The Labute approximate surface area is 150 Å². The third kappa shape index (κ3) is 4.33. The molecule has 2 atom stereocenters. The van der Waals surface area contributed by atoms with E-state index in [1.807, 2.05) is 15.8 Å². The van der Waals surface area contributed by atoms with Crippen LogP contribution in [0.3, 0.4) is 0 Å². The number of nitrogens with zero attached hydrogens (tertiary/aromatic N) is 4. The van der Waals surface area contributed by atoms with Crippen LogP contribution in [-0.4, -0.2) is 69.5 Å². The van der Waals surface area contributed by atoms with Crippen molar-refractivity contribution in [3.8, 4) is 0 Å². The molecule has 2 aliphatic rings. The summed E-state index contributed by atoms with van der Waals surface area (Å²) in [5.74, 6) is 0.141. The van der Waals surface area contributed by atoms with Gasteiger partial charge in [-0.1, -0.05) is 0 Å². The molecular weight excluding hydrogens is 318 g/mol. The first-order chi connectivity index (χ1) is 12.1. The van der Waals surface area contributed by atoms with Crippen LogP contribution in [0.4, 0.5) is 4.79 Å². The molecule has 0 bridgehead atoms. The quantitative estimate of drug-likeness (QED) is 0.838. The Morgan fingerprint density at radius 2 is 2.12 bits per heavy atom. The van der Waals surface area contributed by atoms with Crippen LogP contribution in [0.25, 0.3) is 0 Å². The van der Waals surface area contributed by atoms with Crippen LogP contribution in [0.5, 0.6) is 0 Å². The molecule has 3 heterocycles. The highest BCUT2D eigenvalue weighted by Gasteiger charge is 2.29. The molecule has 1 aromatic rings. The summed E-state index contributed by atoms with van der Waals surface area (Å²) in [6.07, 6.45) is 4.65. The maximum Gasteiger partial charge on any atom is 0.317 e. The Balaban J connectivity index is 1.45. The van der Waals surface area contributed by atoms with E-state index in [0.717, 1.165) is 52.0 Å². The third-order valence-corrected chi connectivity index (χ3v) is 5.61. The van der Waals surface area contributed by atoms with Gasteiger partial charge in [-0.25, -0.2) is 4.79 Å². The Morgan fingerprint density at radius 1 is 1.36 bits per heavy atom. The normalized spacial score (nSPS) is 24.7. The summed E-state index contributed by atoms with van der Waals surface area (Å²) in [4.78, 5) is 16.2. The van der Waals surface area contributed by atoms with Gasteiger partial charge in [0.15, 0.2) is 0 Å². The van der Waals surface area contributed by atoms with E-state index in [0.29, 0.717) is 13.1 Å². The van der Waals surface area contributed by atoms with Crippen LogP contribution in [0.2, 0.25) is 0 Å². The van der Waals surface area contributed by atoms with Gasteiger partial charge in [0, 0.05) is 56.4 Å². The van der Waals surface area contributed by atoms with Gasteiger partial charge in [-0.15, -0.1) is 0 Å². The predicted molar refractivity (Wildman–Crippen MR) is 96.2 cm³/mol. The number of carbonyl (C=O) groups is 1. The molecule has 0 saturated carbocycles. The second-order valence-corrected chi connectivity index (χ2v) is 7.30. The maximum atomic E-state index is 12.1. The topological polar surface area (TPSA) is 73.6 Å². The number of piperidine rings is 1. The number of nitrogens with one attached hydrogen (secondary N) is 1. The van der Waals surface area contributed by atoms with Gasteiger partial charge in [0.25, 0.3) is 0 Å². The van der Waals surface area contributed by atoms with Crippen molar-refractivity contribution < 1.29 is 9.90 Å². The molecule has 25 heavy (non-hydrogen) atoms. The number of rotatable bonds is 5. The number of aromatic nitrogens is 2. The Morgan fingerprint density at radius 3 is 2.76 bits per heavy atom. The molecule has 2 N–H and O–H groups in total. The van der Waals surface area contributed by atoms with E-state index < -0.39 is 6.10 Å². The summed E-state index contributed by atoms with van der Waals surface area (Å²) in [6.45, 7) is 9.78. The monoisotopic (exact) mass is 349 g/mol. The number of urea groups is 1. The number of likely N-dealkylation sites (tertiary alicyclic amines) is 2. The maximum absolute atomic E-state index is 12.1. The Bertz CT molecular complexity index is 582. The predicted octanol–water partition coefficient (Wildman–Crippen LogP) is 1.20. The van der Waals surface area contributed by atoms with Crippen molar-refractivity contribution in [1.82, 2.24) is 24.9 Å². The first-order valence-corrected chi connectivity index (χ1v) is 9.53. The fourth-order valence-electron chi connectivity index (χ4n) is 3.88. The molecule has 0 unspecified atom stereocenters. The second-order valence-electron chi connectivity index (χ2n) is 7.30. The molecule has 0 aromatic carbocycles. The minimum absolute atomic E-state index is 0.0229. The number of β-amino-alcohol motifs (C(OH)–C–C–N with tert-alkyl or cyclic N) is 1. The average molecular weight is 349 g/mol. The lowest BCUT2D eigenvalue weighted by molar-refractivity contribution is 0.0194. The van der Waals surface area contributed by atoms with Crippen molar-refractivity contribution in [1.29, 1.82) is 0 Å². The first-order valence-electron chi connectivity index (χ1n) is 9.53. The average Bonchev–Trinajstić information content (AvgIpc) is 3.25. The minimum Gasteiger partial charge on any atom is -0.391 e. The van der Waals surface area contributed by atoms with Crippen LogP contribution in [0, 0.1) is 12.8 Å². The zero-order chi connectivity index (χ0) is 17.8. The van der Waals surface area contributed by atoms with Gasteiger partial charge in [0.05, 0.1) is 12.3 Å². The first kappa shape index (κ1) is 18.2. The van der Waals surface area contributed by atoms with Crippen LogP contribution < -0.4 is 5.32 Å². The molecule has 7 heteroatoms. The van der Waals surface area contributed by atoms with Gasteiger partial charge in [-0.3, -0.25) is 9.58 Å². The largest absolute Gasteiger partial charge is 0.391 e. The Kier molecular flexibility index (Phi) is 5.96. The third-order valence-electron chi connectivity index (χ3n) is 5.61. The van der Waals surface area contributed by atoms with Gasteiger partial charge >= 0.3 is 6.03 Å². The van der Waals surface area contributed by atoms with Crippen molar-refractivity contribution in [2.75, 3.05) is 32.7 Å². The highest BCUT2D eigenvalue weighted by Crippen LogP contribution is 2.20. The fourth-order valence-corrected chi connectivity index (χ4v) is 3.88. The zero-order valence-electron chi connectivity index (χ0n) is 15.4. The minimum atomic E-state index is -0.394. The SMILES string of the molecule is CCn1ncc(CN2CC[C@H](CNC(=O)N3CCCC3)[C@@H](O)C2)c1C. The van der Waals surface area contributed by atoms with Crippen molar-refractivity contribution >= 4 is 6.03 Å². The highest BCUT2D eigenvalue weighted by molar-refractivity contribution is 5.74. The molecule has 2 fully saturated rings. The van der Waals surface area contributed by atoms with Crippen LogP contribution in [0.1, 0.15) is 37.4 Å². The van der Waals surface area contributed by atoms with Gasteiger partial charge in [0.1, 0.15) is 0 Å². The molecule has 0 radical (unpaired) electrons. The number of hydrogen-bond acceptors (Lipinski definition) is 4.